The average molecular weight is 169 g/mol. The van der Waals surface area contributed by atoms with Crippen LogP contribution in [0.25, 0.3) is 0 Å². The van der Waals surface area contributed by atoms with E-state index in [0.717, 1.165) is 6.54 Å². The summed E-state index contributed by atoms with van der Waals surface area (Å²) in [5.74, 6) is 0. The van der Waals surface area contributed by atoms with Crippen molar-refractivity contribution >= 4 is 11.3 Å². The molecule has 1 N–H and O–H groups in total. The molecule has 1 nitrogen and oxygen atoms in total. The molecule has 0 aliphatic rings. The number of nitrogens with one attached hydrogen (secondary N) is 1. The summed E-state index contributed by atoms with van der Waals surface area (Å²) < 4.78 is 0. The standard InChI is InChI=1S/C9H15NS/c1-3-5-10-8(2)9-4-6-11-7-9/h4,6-8,10H,3,5H2,1-2H3. The monoisotopic (exact) mass is 169 g/mol. The quantitative estimate of drug-likeness (QED) is 0.731. The van der Waals surface area contributed by atoms with Gasteiger partial charge in [-0.05, 0) is 42.3 Å². The topological polar surface area (TPSA) is 12.0 Å². The van der Waals surface area contributed by atoms with Crippen LogP contribution in [0.2, 0.25) is 0 Å². The van der Waals surface area contributed by atoms with E-state index in [4.69, 9.17) is 0 Å². The lowest BCUT2D eigenvalue weighted by Crippen LogP contribution is -2.18. The first kappa shape index (κ1) is 8.75. The molecule has 0 aliphatic heterocycles. The van der Waals surface area contributed by atoms with Gasteiger partial charge < -0.3 is 5.32 Å². The maximum absolute atomic E-state index is 3.44. The fraction of sp³-hybridized carbons (Fsp3) is 0.556. The molecule has 0 bridgehead atoms. The Morgan fingerprint density at radius 3 is 3.00 bits per heavy atom. The van der Waals surface area contributed by atoms with E-state index in [-0.39, 0.29) is 0 Å². The van der Waals surface area contributed by atoms with Gasteiger partial charge in [-0.3, -0.25) is 0 Å². The van der Waals surface area contributed by atoms with Crippen LogP contribution in [-0.2, 0) is 0 Å². The third-order valence-electron chi connectivity index (χ3n) is 1.74. The molecule has 0 saturated heterocycles. The van der Waals surface area contributed by atoms with E-state index < -0.39 is 0 Å². The molecule has 0 saturated carbocycles. The summed E-state index contributed by atoms with van der Waals surface area (Å²) >= 11 is 1.76. The van der Waals surface area contributed by atoms with E-state index >= 15 is 0 Å². The molecule has 0 amide bonds. The molecule has 0 radical (unpaired) electrons. The lowest BCUT2D eigenvalue weighted by Gasteiger charge is -2.10. The van der Waals surface area contributed by atoms with Crippen molar-refractivity contribution in [3.8, 4) is 0 Å². The Morgan fingerprint density at radius 1 is 1.64 bits per heavy atom. The highest BCUT2D eigenvalue weighted by Crippen LogP contribution is 2.14. The average Bonchev–Trinajstić information content (AvgIpc) is 2.52. The SMILES string of the molecule is CCCNC(C)c1ccsc1. The van der Waals surface area contributed by atoms with Crippen LogP contribution in [0.5, 0.6) is 0 Å². The van der Waals surface area contributed by atoms with Crippen molar-refractivity contribution in [2.75, 3.05) is 6.54 Å². The van der Waals surface area contributed by atoms with Crippen LogP contribution in [-0.4, -0.2) is 6.54 Å². The molecule has 11 heavy (non-hydrogen) atoms. The van der Waals surface area contributed by atoms with E-state index in [2.05, 4.69) is 36.0 Å². The second-order valence-electron chi connectivity index (χ2n) is 2.73. The molecule has 1 aromatic heterocycles. The highest BCUT2D eigenvalue weighted by Gasteiger charge is 2.02. The zero-order chi connectivity index (χ0) is 8.10. The molecule has 0 aliphatic carbocycles. The highest BCUT2D eigenvalue weighted by atomic mass is 32.1. The maximum atomic E-state index is 3.44. The number of hydrogen-bond donors (Lipinski definition) is 1. The summed E-state index contributed by atoms with van der Waals surface area (Å²) in [6, 6.07) is 2.69. The largest absolute Gasteiger partial charge is 0.310 e. The van der Waals surface area contributed by atoms with E-state index in [0.29, 0.717) is 6.04 Å². The third-order valence-corrected chi connectivity index (χ3v) is 2.45. The van der Waals surface area contributed by atoms with Crippen LogP contribution in [0, 0.1) is 0 Å². The van der Waals surface area contributed by atoms with Crippen molar-refractivity contribution in [2.24, 2.45) is 0 Å². The first-order chi connectivity index (χ1) is 5.34. The van der Waals surface area contributed by atoms with Gasteiger partial charge in [0.25, 0.3) is 0 Å². The minimum atomic E-state index is 0.515. The summed E-state index contributed by atoms with van der Waals surface area (Å²) in [4.78, 5) is 0. The summed E-state index contributed by atoms with van der Waals surface area (Å²) in [5.41, 5.74) is 1.41. The van der Waals surface area contributed by atoms with Gasteiger partial charge in [-0.2, -0.15) is 11.3 Å². The molecule has 1 aromatic rings. The predicted octanol–water partition coefficient (Wildman–Crippen LogP) is 2.81. The lowest BCUT2D eigenvalue weighted by atomic mass is 10.2. The van der Waals surface area contributed by atoms with E-state index in [1.165, 1.54) is 12.0 Å². The fourth-order valence-electron chi connectivity index (χ4n) is 1.00. The van der Waals surface area contributed by atoms with Gasteiger partial charge in [-0.15, -0.1) is 0 Å². The van der Waals surface area contributed by atoms with Crippen molar-refractivity contribution in [3.63, 3.8) is 0 Å². The Morgan fingerprint density at radius 2 is 2.45 bits per heavy atom. The molecule has 2 heteroatoms. The molecular formula is C9H15NS. The maximum Gasteiger partial charge on any atom is 0.0300 e. The number of rotatable bonds is 4. The smallest absolute Gasteiger partial charge is 0.0300 e. The van der Waals surface area contributed by atoms with Crippen molar-refractivity contribution in [1.82, 2.24) is 5.32 Å². The van der Waals surface area contributed by atoms with Crippen LogP contribution < -0.4 is 5.32 Å². The van der Waals surface area contributed by atoms with Gasteiger partial charge >= 0.3 is 0 Å². The van der Waals surface area contributed by atoms with Gasteiger partial charge in [0.05, 0.1) is 0 Å². The number of hydrogen-bond acceptors (Lipinski definition) is 2. The Hall–Kier alpha value is -0.340. The van der Waals surface area contributed by atoms with Gasteiger partial charge in [0.2, 0.25) is 0 Å². The highest BCUT2D eigenvalue weighted by molar-refractivity contribution is 7.07. The fourth-order valence-corrected chi connectivity index (χ4v) is 1.75. The van der Waals surface area contributed by atoms with Gasteiger partial charge in [-0.1, -0.05) is 6.92 Å². The van der Waals surface area contributed by atoms with Crippen LogP contribution >= 0.6 is 11.3 Å². The van der Waals surface area contributed by atoms with Gasteiger partial charge in [0, 0.05) is 6.04 Å². The molecule has 1 heterocycles. The minimum Gasteiger partial charge on any atom is -0.310 e. The molecule has 0 spiro atoms. The Labute approximate surface area is 72.4 Å². The van der Waals surface area contributed by atoms with Crippen molar-refractivity contribution in [3.05, 3.63) is 22.4 Å². The third kappa shape index (κ3) is 2.64. The second-order valence-corrected chi connectivity index (χ2v) is 3.51. The summed E-state index contributed by atoms with van der Waals surface area (Å²) in [5, 5.41) is 7.77. The zero-order valence-electron chi connectivity index (χ0n) is 7.13. The molecular weight excluding hydrogens is 154 g/mol. The summed E-state index contributed by atoms with van der Waals surface area (Å²) in [6.07, 6.45) is 1.20. The zero-order valence-corrected chi connectivity index (χ0v) is 7.95. The molecule has 0 fully saturated rings. The summed E-state index contributed by atoms with van der Waals surface area (Å²) in [7, 11) is 0. The molecule has 1 unspecified atom stereocenters. The van der Waals surface area contributed by atoms with Crippen LogP contribution in [0.3, 0.4) is 0 Å². The Balaban J connectivity index is 2.36. The minimum absolute atomic E-state index is 0.515. The van der Waals surface area contributed by atoms with Gasteiger partial charge in [0.15, 0.2) is 0 Å². The first-order valence-electron chi connectivity index (χ1n) is 4.10. The van der Waals surface area contributed by atoms with Crippen LogP contribution in [0.15, 0.2) is 16.8 Å². The van der Waals surface area contributed by atoms with E-state index in [9.17, 15) is 0 Å². The predicted molar refractivity (Wildman–Crippen MR) is 51.0 cm³/mol. The van der Waals surface area contributed by atoms with Crippen molar-refractivity contribution < 1.29 is 0 Å². The Bertz CT molecular complexity index is 181. The number of thiophene rings is 1. The van der Waals surface area contributed by atoms with E-state index in [1.807, 2.05) is 0 Å². The van der Waals surface area contributed by atoms with E-state index in [1.54, 1.807) is 11.3 Å². The Kier molecular flexibility index (Phi) is 3.60. The molecule has 1 atom stereocenters. The van der Waals surface area contributed by atoms with Crippen molar-refractivity contribution in [2.45, 2.75) is 26.3 Å². The molecule has 62 valence electrons. The molecule has 0 aromatic carbocycles. The second kappa shape index (κ2) is 4.52. The summed E-state index contributed by atoms with van der Waals surface area (Å²) in [6.45, 7) is 5.50. The van der Waals surface area contributed by atoms with Crippen LogP contribution in [0.4, 0.5) is 0 Å². The van der Waals surface area contributed by atoms with Gasteiger partial charge in [-0.25, -0.2) is 0 Å². The van der Waals surface area contributed by atoms with Crippen molar-refractivity contribution in [1.29, 1.82) is 0 Å². The normalized spacial score (nSPS) is 13.3. The molecule has 1 rings (SSSR count). The van der Waals surface area contributed by atoms with Gasteiger partial charge in [0.1, 0.15) is 0 Å². The lowest BCUT2D eigenvalue weighted by molar-refractivity contribution is 0.572. The first-order valence-corrected chi connectivity index (χ1v) is 5.04. The van der Waals surface area contributed by atoms with Crippen LogP contribution in [0.1, 0.15) is 31.9 Å².